The summed E-state index contributed by atoms with van der Waals surface area (Å²) >= 11 is 0. The van der Waals surface area contributed by atoms with Crippen LogP contribution in [-0.4, -0.2) is 60.6 Å². The van der Waals surface area contributed by atoms with Crippen molar-refractivity contribution in [1.82, 2.24) is 20.2 Å². The summed E-state index contributed by atoms with van der Waals surface area (Å²) in [6.45, 7) is 9.31. The first kappa shape index (κ1) is 21.9. The molecule has 0 radical (unpaired) electrons. The highest BCUT2D eigenvalue weighted by molar-refractivity contribution is 14.0. The van der Waals surface area contributed by atoms with Crippen LogP contribution in [-0.2, 0) is 0 Å². The lowest BCUT2D eigenvalue weighted by atomic mass is 9.99. The van der Waals surface area contributed by atoms with Crippen LogP contribution in [0.2, 0.25) is 0 Å². The molecular formula is C18H33IN6. The van der Waals surface area contributed by atoms with E-state index < -0.39 is 0 Å². The van der Waals surface area contributed by atoms with Crippen LogP contribution in [0.4, 0.5) is 5.95 Å². The molecule has 2 rings (SSSR count). The number of anilines is 1. The van der Waals surface area contributed by atoms with E-state index >= 15 is 0 Å². The molecule has 6 nitrogen and oxygen atoms in total. The van der Waals surface area contributed by atoms with Gasteiger partial charge in [-0.3, -0.25) is 4.99 Å². The molecule has 0 bridgehead atoms. The number of nitrogens with one attached hydrogen (secondary N) is 1. The molecule has 0 aliphatic carbocycles. The lowest BCUT2D eigenvalue weighted by Gasteiger charge is -2.36. The van der Waals surface area contributed by atoms with Crippen molar-refractivity contribution in [2.45, 2.75) is 39.5 Å². The van der Waals surface area contributed by atoms with Crippen molar-refractivity contribution in [2.24, 2.45) is 10.9 Å². The van der Waals surface area contributed by atoms with Crippen molar-refractivity contribution in [2.75, 3.05) is 44.7 Å². The zero-order valence-corrected chi connectivity index (χ0v) is 18.1. The van der Waals surface area contributed by atoms with Crippen LogP contribution in [0.25, 0.3) is 0 Å². The topological polar surface area (TPSA) is 56.7 Å². The third-order valence-corrected chi connectivity index (χ3v) is 4.72. The summed E-state index contributed by atoms with van der Waals surface area (Å²) in [5.74, 6) is 2.59. The zero-order chi connectivity index (χ0) is 17.2. The number of halogens is 1. The van der Waals surface area contributed by atoms with Crippen molar-refractivity contribution in [3.8, 4) is 0 Å². The molecule has 1 aromatic rings. The van der Waals surface area contributed by atoms with E-state index in [0.29, 0.717) is 0 Å². The number of nitrogens with zero attached hydrogens (tertiary/aromatic N) is 5. The molecule has 1 aliphatic heterocycles. The number of aromatic nitrogens is 2. The summed E-state index contributed by atoms with van der Waals surface area (Å²) in [7, 11) is 1.88. The van der Waals surface area contributed by atoms with E-state index in [1.54, 1.807) is 12.4 Å². The van der Waals surface area contributed by atoms with Crippen LogP contribution < -0.4 is 10.2 Å². The highest BCUT2D eigenvalue weighted by Gasteiger charge is 2.21. The Labute approximate surface area is 169 Å². The van der Waals surface area contributed by atoms with Gasteiger partial charge in [-0.1, -0.05) is 33.1 Å². The monoisotopic (exact) mass is 460 g/mol. The van der Waals surface area contributed by atoms with E-state index in [-0.39, 0.29) is 24.0 Å². The molecule has 1 fully saturated rings. The van der Waals surface area contributed by atoms with Gasteiger partial charge < -0.3 is 15.1 Å². The number of hydrogen-bond donors (Lipinski definition) is 1. The third-order valence-electron chi connectivity index (χ3n) is 4.72. The number of piperazine rings is 1. The maximum atomic E-state index is 4.48. The van der Waals surface area contributed by atoms with Gasteiger partial charge in [0.1, 0.15) is 0 Å². The molecule has 2 heterocycles. The molecule has 0 spiro atoms. The number of aliphatic imine (C=N–C) groups is 1. The molecule has 1 atom stereocenters. The van der Waals surface area contributed by atoms with Crippen LogP contribution in [0.15, 0.2) is 23.5 Å². The van der Waals surface area contributed by atoms with Gasteiger partial charge in [0.25, 0.3) is 0 Å². The van der Waals surface area contributed by atoms with Crippen molar-refractivity contribution < 1.29 is 0 Å². The van der Waals surface area contributed by atoms with Crippen LogP contribution in [0.3, 0.4) is 0 Å². The largest absolute Gasteiger partial charge is 0.356 e. The van der Waals surface area contributed by atoms with E-state index in [4.69, 9.17) is 0 Å². The van der Waals surface area contributed by atoms with Gasteiger partial charge in [0.15, 0.2) is 5.96 Å². The fourth-order valence-corrected chi connectivity index (χ4v) is 3.08. The first-order valence-electron chi connectivity index (χ1n) is 9.26. The first-order chi connectivity index (χ1) is 11.8. The summed E-state index contributed by atoms with van der Waals surface area (Å²) in [4.78, 5) is 17.7. The van der Waals surface area contributed by atoms with Crippen molar-refractivity contribution in [3.05, 3.63) is 18.5 Å². The Morgan fingerprint density at radius 1 is 1.20 bits per heavy atom. The van der Waals surface area contributed by atoms with Crippen molar-refractivity contribution in [3.63, 3.8) is 0 Å². The molecule has 0 aromatic carbocycles. The second kappa shape index (κ2) is 12.3. The highest BCUT2D eigenvalue weighted by Crippen LogP contribution is 2.12. The summed E-state index contributed by atoms with van der Waals surface area (Å²) in [5.41, 5.74) is 0. The smallest absolute Gasteiger partial charge is 0.225 e. The second-order valence-electron chi connectivity index (χ2n) is 6.37. The molecule has 25 heavy (non-hydrogen) atoms. The Balaban J connectivity index is 0.00000312. The van der Waals surface area contributed by atoms with Gasteiger partial charge in [0.05, 0.1) is 0 Å². The average Bonchev–Trinajstić information content (AvgIpc) is 2.66. The zero-order valence-electron chi connectivity index (χ0n) is 15.8. The van der Waals surface area contributed by atoms with E-state index in [2.05, 4.69) is 43.9 Å². The lowest BCUT2D eigenvalue weighted by Crippen LogP contribution is -2.53. The van der Waals surface area contributed by atoms with Crippen LogP contribution >= 0.6 is 24.0 Å². The minimum Gasteiger partial charge on any atom is -0.356 e. The van der Waals surface area contributed by atoms with Gasteiger partial charge in [-0.05, 0) is 18.4 Å². The fourth-order valence-electron chi connectivity index (χ4n) is 3.08. The van der Waals surface area contributed by atoms with E-state index in [1.807, 2.05) is 13.1 Å². The number of guanidine groups is 1. The van der Waals surface area contributed by atoms with Crippen LogP contribution in [0.1, 0.15) is 39.5 Å². The Bertz CT molecular complexity index is 488. The summed E-state index contributed by atoms with van der Waals surface area (Å²) in [6, 6.07) is 1.86. The lowest BCUT2D eigenvalue weighted by molar-refractivity contribution is 0.361. The molecule has 142 valence electrons. The average molecular weight is 460 g/mol. The second-order valence-corrected chi connectivity index (χ2v) is 6.37. The van der Waals surface area contributed by atoms with E-state index in [9.17, 15) is 0 Å². The third kappa shape index (κ3) is 6.95. The maximum absolute atomic E-state index is 4.48. The van der Waals surface area contributed by atoms with Gasteiger partial charge in [0.2, 0.25) is 5.95 Å². The predicted octanol–water partition coefficient (Wildman–Crippen LogP) is 3.01. The van der Waals surface area contributed by atoms with Gasteiger partial charge in [-0.2, -0.15) is 0 Å². The molecule has 1 saturated heterocycles. The summed E-state index contributed by atoms with van der Waals surface area (Å²) in [6.07, 6.45) is 8.72. The van der Waals surface area contributed by atoms with Crippen molar-refractivity contribution in [1.29, 1.82) is 0 Å². The summed E-state index contributed by atoms with van der Waals surface area (Å²) in [5, 5.41) is 3.58. The predicted molar refractivity (Wildman–Crippen MR) is 116 cm³/mol. The minimum absolute atomic E-state index is 0. The van der Waals surface area contributed by atoms with E-state index in [1.165, 1.54) is 25.7 Å². The Morgan fingerprint density at radius 3 is 2.44 bits per heavy atom. The van der Waals surface area contributed by atoms with E-state index in [0.717, 1.165) is 50.5 Å². The Morgan fingerprint density at radius 2 is 1.88 bits per heavy atom. The first-order valence-corrected chi connectivity index (χ1v) is 9.26. The van der Waals surface area contributed by atoms with Crippen LogP contribution in [0, 0.1) is 5.92 Å². The SMILES string of the molecule is CCCCC(CC)CNC(=NC)N1CCN(c2ncccn2)CC1.I. The molecule has 1 aliphatic rings. The standard InChI is InChI=1S/C18H32N6.HI/c1-4-6-8-16(5-2)15-22-17(19-3)23-11-13-24(14-12-23)18-20-9-7-10-21-18;/h7,9-10,16H,4-6,8,11-15H2,1-3H3,(H,19,22);1H. The van der Waals surface area contributed by atoms with Gasteiger partial charge in [-0.25, -0.2) is 9.97 Å². The molecule has 0 amide bonds. The minimum atomic E-state index is 0. The fraction of sp³-hybridized carbons (Fsp3) is 0.722. The van der Waals surface area contributed by atoms with Crippen molar-refractivity contribution >= 4 is 35.9 Å². The molecular weight excluding hydrogens is 427 g/mol. The maximum Gasteiger partial charge on any atom is 0.225 e. The molecule has 7 heteroatoms. The van der Waals surface area contributed by atoms with Crippen LogP contribution in [0.5, 0.6) is 0 Å². The Hall–Kier alpha value is -1.12. The highest BCUT2D eigenvalue weighted by atomic mass is 127. The molecule has 1 unspecified atom stereocenters. The van der Waals surface area contributed by atoms with Gasteiger partial charge >= 0.3 is 0 Å². The normalized spacial score (nSPS) is 16.4. The number of unbranched alkanes of at least 4 members (excludes halogenated alkanes) is 1. The van der Waals surface area contributed by atoms with Gasteiger partial charge in [0, 0.05) is 52.2 Å². The number of hydrogen-bond acceptors (Lipinski definition) is 4. The Kier molecular flexibility index (Phi) is 10.8. The molecule has 1 aromatic heterocycles. The molecule has 0 saturated carbocycles. The summed E-state index contributed by atoms with van der Waals surface area (Å²) < 4.78 is 0. The number of rotatable bonds is 7. The molecule has 1 N–H and O–H groups in total. The quantitative estimate of drug-likeness (QED) is 0.385. The van der Waals surface area contributed by atoms with Gasteiger partial charge in [-0.15, -0.1) is 24.0 Å².